The molecular weight excluding hydrogens is 282 g/mol. The van der Waals surface area contributed by atoms with E-state index in [1.54, 1.807) is 7.11 Å². The third-order valence-corrected chi connectivity index (χ3v) is 4.05. The number of benzene rings is 1. The van der Waals surface area contributed by atoms with Crippen molar-refractivity contribution in [1.82, 2.24) is 5.32 Å². The number of para-hydroxylation sites is 1. The first kappa shape index (κ1) is 16.3. The molecular formula is C17H23NO4. The van der Waals surface area contributed by atoms with Gasteiger partial charge in [-0.15, -0.1) is 0 Å². The molecule has 0 radical (unpaired) electrons. The first-order valence-electron chi connectivity index (χ1n) is 7.67. The molecule has 1 amide bonds. The Bertz CT molecular complexity index is 523. The summed E-state index contributed by atoms with van der Waals surface area (Å²) in [4.78, 5) is 23.7. The lowest BCUT2D eigenvalue weighted by Crippen LogP contribution is -2.45. The van der Waals surface area contributed by atoms with Crippen molar-refractivity contribution in [1.29, 1.82) is 0 Å². The van der Waals surface area contributed by atoms with Crippen LogP contribution in [-0.2, 0) is 20.9 Å². The van der Waals surface area contributed by atoms with Gasteiger partial charge in [0.2, 0.25) is 5.91 Å². The van der Waals surface area contributed by atoms with Crippen LogP contribution < -0.4 is 10.1 Å². The molecule has 5 nitrogen and oxygen atoms in total. The maximum Gasteiger partial charge on any atom is 0.329 e. The number of nitrogens with one attached hydrogen (secondary N) is 1. The summed E-state index contributed by atoms with van der Waals surface area (Å²) in [5.74, 6) is 0.292. The fourth-order valence-corrected chi connectivity index (χ4v) is 2.94. The Labute approximate surface area is 131 Å². The van der Waals surface area contributed by atoms with Crippen LogP contribution in [0.15, 0.2) is 24.3 Å². The highest BCUT2D eigenvalue weighted by atomic mass is 16.5. The molecule has 0 aromatic heterocycles. The first-order chi connectivity index (χ1) is 10.6. The number of hydrogen-bond donors (Lipinski definition) is 1. The Morgan fingerprint density at radius 2 is 1.95 bits per heavy atom. The number of ether oxygens (including phenoxy) is 2. The average Bonchev–Trinajstić information content (AvgIpc) is 3.04. The lowest BCUT2D eigenvalue weighted by Gasteiger charge is -2.22. The van der Waals surface area contributed by atoms with E-state index in [-0.39, 0.29) is 24.4 Å². The number of esters is 1. The zero-order valence-corrected chi connectivity index (χ0v) is 13.1. The van der Waals surface area contributed by atoms with Gasteiger partial charge in [0.15, 0.2) is 0 Å². The molecule has 0 aliphatic heterocycles. The largest absolute Gasteiger partial charge is 0.496 e. The van der Waals surface area contributed by atoms with Crippen molar-refractivity contribution >= 4 is 11.9 Å². The summed E-state index contributed by atoms with van der Waals surface area (Å²) in [6.07, 6.45) is 4.10. The van der Waals surface area contributed by atoms with E-state index in [0.717, 1.165) is 31.2 Å². The molecule has 2 rings (SSSR count). The number of methoxy groups -OCH3 is 1. The third kappa shape index (κ3) is 4.23. The molecule has 5 heteroatoms. The highest BCUT2D eigenvalue weighted by molar-refractivity contribution is 5.83. The minimum atomic E-state index is -0.547. The summed E-state index contributed by atoms with van der Waals surface area (Å²) in [6.45, 7) is 1.57. The van der Waals surface area contributed by atoms with E-state index in [2.05, 4.69) is 5.32 Å². The quantitative estimate of drug-likeness (QED) is 0.820. The van der Waals surface area contributed by atoms with Crippen LogP contribution in [0.1, 0.15) is 38.2 Å². The summed E-state index contributed by atoms with van der Waals surface area (Å²) < 4.78 is 10.7. The molecule has 1 N–H and O–H groups in total. The lowest BCUT2D eigenvalue weighted by atomic mass is 9.98. The number of hydrogen-bond acceptors (Lipinski definition) is 4. The normalized spacial score (nSPS) is 16.1. The van der Waals surface area contributed by atoms with Gasteiger partial charge in [0, 0.05) is 12.5 Å². The highest BCUT2D eigenvalue weighted by Gasteiger charge is 2.32. The van der Waals surface area contributed by atoms with Crippen molar-refractivity contribution in [3.05, 3.63) is 29.8 Å². The molecule has 1 aliphatic carbocycles. The van der Waals surface area contributed by atoms with Gasteiger partial charge in [-0.3, -0.25) is 4.79 Å². The second-order valence-corrected chi connectivity index (χ2v) is 5.64. The topological polar surface area (TPSA) is 64.6 Å². The van der Waals surface area contributed by atoms with Gasteiger partial charge < -0.3 is 14.8 Å². The predicted octanol–water partition coefficient (Wildman–Crippen LogP) is 2.43. The number of carbonyl (C=O) groups excluding carboxylic acids is 2. The van der Waals surface area contributed by atoms with Gasteiger partial charge >= 0.3 is 5.97 Å². The number of amides is 1. The van der Waals surface area contributed by atoms with Crippen LogP contribution in [0.3, 0.4) is 0 Å². The molecule has 1 unspecified atom stereocenters. The summed E-state index contributed by atoms with van der Waals surface area (Å²) in [6, 6.07) is 6.87. The lowest BCUT2D eigenvalue weighted by molar-refractivity contribution is -0.150. The molecule has 120 valence electrons. The van der Waals surface area contributed by atoms with E-state index in [1.807, 2.05) is 24.3 Å². The van der Waals surface area contributed by atoms with Gasteiger partial charge in [0.05, 0.1) is 7.11 Å². The van der Waals surface area contributed by atoms with Gasteiger partial charge in [-0.05, 0) is 24.8 Å². The van der Waals surface area contributed by atoms with E-state index in [1.165, 1.54) is 6.92 Å². The van der Waals surface area contributed by atoms with Crippen LogP contribution in [-0.4, -0.2) is 25.0 Å². The zero-order chi connectivity index (χ0) is 15.9. The minimum absolute atomic E-state index is 0.144. The van der Waals surface area contributed by atoms with E-state index < -0.39 is 6.04 Å². The van der Waals surface area contributed by atoms with Crippen LogP contribution in [0.25, 0.3) is 0 Å². The number of rotatable bonds is 6. The smallest absolute Gasteiger partial charge is 0.329 e. The van der Waals surface area contributed by atoms with Gasteiger partial charge in [-0.25, -0.2) is 4.79 Å². The van der Waals surface area contributed by atoms with Gasteiger partial charge in [-0.2, -0.15) is 0 Å². The fourth-order valence-electron chi connectivity index (χ4n) is 2.94. The van der Waals surface area contributed by atoms with Crippen LogP contribution in [0, 0.1) is 5.92 Å². The molecule has 1 saturated carbocycles. The van der Waals surface area contributed by atoms with Crippen molar-refractivity contribution in [2.45, 2.75) is 45.3 Å². The standard InChI is InChI=1S/C17H23NO4/c1-12(19)18-16(13-7-3-4-8-13)17(20)22-11-14-9-5-6-10-15(14)21-2/h5-6,9-10,13,16H,3-4,7-8,11H2,1-2H3,(H,18,19). The Kier molecular flexibility index (Phi) is 5.81. The van der Waals surface area contributed by atoms with Crippen LogP contribution in [0.4, 0.5) is 0 Å². The van der Waals surface area contributed by atoms with E-state index >= 15 is 0 Å². The summed E-state index contributed by atoms with van der Waals surface area (Å²) in [5, 5.41) is 2.74. The number of carbonyl (C=O) groups is 2. The van der Waals surface area contributed by atoms with Gasteiger partial charge in [0.25, 0.3) is 0 Å². The molecule has 1 aromatic rings. The van der Waals surface area contributed by atoms with E-state index in [9.17, 15) is 9.59 Å². The molecule has 1 aliphatic rings. The fraction of sp³-hybridized carbons (Fsp3) is 0.529. The highest BCUT2D eigenvalue weighted by Crippen LogP contribution is 2.28. The SMILES string of the molecule is COc1ccccc1COC(=O)C(NC(C)=O)C1CCCC1. The Hall–Kier alpha value is -2.04. The van der Waals surface area contributed by atoms with E-state index in [0.29, 0.717) is 5.75 Å². The second kappa shape index (κ2) is 7.82. The molecule has 0 saturated heterocycles. The molecule has 0 spiro atoms. The van der Waals surface area contributed by atoms with Crippen molar-refractivity contribution in [3.8, 4) is 5.75 Å². The zero-order valence-electron chi connectivity index (χ0n) is 13.1. The molecule has 22 heavy (non-hydrogen) atoms. The van der Waals surface area contributed by atoms with Gasteiger partial charge in [-0.1, -0.05) is 31.0 Å². The molecule has 1 fully saturated rings. The summed E-state index contributed by atoms with van der Waals surface area (Å²) >= 11 is 0. The average molecular weight is 305 g/mol. The monoisotopic (exact) mass is 305 g/mol. The van der Waals surface area contributed by atoms with Crippen molar-refractivity contribution in [2.24, 2.45) is 5.92 Å². The van der Waals surface area contributed by atoms with Crippen molar-refractivity contribution in [2.75, 3.05) is 7.11 Å². The molecule has 1 aromatic carbocycles. The summed E-state index contributed by atoms with van der Waals surface area (Å²) in [7, 11) is 1.58. The maximum atomic E-state index is 12.4. The van der Waals surface area contributed by atoms with Crippen LogP contribution in [0.5, 0.6) is 5.75 Å². The first-order valence-corrected chi connectivity index (χ1v) is 7.67. The Morgan fingerprint density at radius 1 is 1.27 bits per heavy atom. The summed E-state index contributed by atoms with van der Waals surface area (Å²) in [5.41, 5.74) is 0.811. The van der Waals surface area contributed by atoms with Crippen LogP contribution >= 0.6 is 0 Å². The van der Waals surface area contributed by atoms with E-state index in [4.69, 9.17) is 9.47 Å². The third-order valence-electron chi connectivity index (χ3n) is 4.05. The molecule has 1 atom stereocenters. The Morgan fingerprint density at radius 3 is 2.59 bits per heavy atom. The second-order valence-electron chi connectivity index (χ2n) is 5.64. The molecule has 0 bridgehead atoms. The van der Waals surface area contributed by atoms with Crippen molar-refractivity contribution < 1.29 is 19.1 Å². The van der Waals surface area contributed by atoms with Crippen LogP contribution in [0.2, 0.25) is 0 Å². The Balaban J connectivity index is 1.99. The minimum Gasteiger partial charge on any atom is -0.496 e. The predicted molar refractivity (Wildman–Crippen MR) is 82.4 cm³/mol. The van der Waals surface area contributed by atoms with Crippen molar-refractivity contribution in [3.63, 3.8) is 0 Å². The van der Waals surface area contributed by atoms with Gasteiger partial charge in [0.1, 0.15) is 18.4 Å². The maximum absolute atomic E-state index is 12.4. The molecule has 0 heterocycles.